The summed E-state index contributed by atoms with van der Waals surface area (Å²) in [5.74, 6) is -0.657. The van der Waals surface area contributed by atoms with E-state index in [1.165, 1.54) is 0 Å². The van der Waals surface area contributed by atoms with Crippen LogP contribution < -0.4 is 0 Å². The molecule has 0 amide bonds. The summed E-state index contributed by atoms with van der Waals surface area (Å²) in [4.78, 5) is 23.5. The Bertz CT molecular complexity index is 478. The van der Waals surface area contributed by atoms with E-state index in [-0.39, 0.29) is 24.4 Å². The molecule has 2 nitrogen and oxygen atoms in total. The average Bonchev–Trinajstić information content (AvgIpc) is 2.41. The number of hydrogen-bond donors (Lipinski definition) is 0. The highest BCUT2D eigenvalue weighted by molar-refractivity contribution is 6.38. The molecule has 0 bridgehead atoms. The highest BCUT2D eigenvalue weighted by atomic mass is 16.2. The lowest BCUT2D eigenvalue weighted by molar-refractivity contribution is -0.135. The molecule has 2 heteroatoms. The molecule has 2 rings (SSSR count). The van der Waals surface area contributed by atoms with Crippen molar-refractivity contribution in [3.8, 4) is 0 Å². The van der Waals surface area contributed by atoms with Crippen LogP contribution in [0.15, 0.2) is 60.7 Å². The Balaban J connectivity index is 1.96. The zero-order valence-electron chi connectivity index (χ0n) is 10.0. The van der Waals surface area contributed by atoms with Gasteiger partial charge in [-0.3, -0.25) is 9.59 Å². The monoisotopic (exact) mass is 238 g/mol. The van der Waals surface area contributed by atoms with Crippen LogP contribution in [-0.4, -0.2) is 11.6 Å². The van der Waals surface area contributed by atoms with Gasteiger partial charge in [-0.25, -0.2) is 0 Å². The Kier molecular flexibility index (Phi) is 4.02. The van der Waals surface area contributed by atoms with Crippen molar-refractivity contribution < 1.29 is 9.59 Å². The van der Waals surface area contributed by atoms with E-state index in [1.807, 2.05) is 60.7 Å². The van der Waals surface area contributed by atoms with Crippen molar-refractivity contribution in [1.29, 1.82) is 0 Å². The van der Waals surface area contributed by atoms with E-state index in [9.17, 15) is 9.59 Å². The largest absolute Gasteiger partial charge is 0.291 e. The number of rotatable bonds is 5. The van der Waals surface area contributed by atoms with Gasteiger partial charge in [-0.15, -0.1) is 0 Å². The van der Waals surface area contributed by atoms with E-state index >= 15 is 0 Å². The summed E-state index contributed by atoms with van der Waals surface area (Å²) in [5, 5.41) is 0. The Morgan fingerprint density at radius 3 is 1.28 bits per heavy atom. The van der Waals surface area contributed by atoms with E-state index in [1.54, 1.807) is 0 Å². The summed E-state index contributed by atoms with van der Waals surface area (Å²) in [5.41, 5.74) is 1.76. The molecule has 0 radical (unpaired) electrons. The molecule has 2 aromatic carbocycles. The Labute approximate surface area is 106 Å². The Morgan fingerprint density at radius 2 is 0.944 bits per heavy atom. The minimum Gasteiger partial charge on any atom is -0.291 e. The summed E-state index contributed by atoms with van der Waals surface area (Å²) in [6.07, 6.45) is 0.374. The summed E-state index contributed by atoms with van der Waals surface area (Å²) in [6.45, 7) is 0. The van der Waals surface area contributed by atoms with Crippen molar-refractivity contribution in [2.75, 3.05) is 0 Å². The molecular formula is C16H14O2. The van der Waals surface area contributed by atoms with Crippen molar-refractivity contribution in [2.24, 2.45) is 0 Å². The Morgan fingerprint density at radius 1 is 0.611 bits per heavy atom. The van der Waals surface area contributed by atoms with Gasteiger partial charge in [0.1, 0.15) is 0 Å². The molecule has 18 heavy (non-hydrogen) atoms. The predicted octanol–water partition coefficient (Wildman–Crippen LogP) is 2.61. The first kappa shape index (κ1) is 12.2. The van der Waals surface area contributed by atoms with Gasteiger partial charge in [-0.1, -0.05) is 60.7 Å². The van der Waals surface area contributed by atoms with Crippen molar-refractivity contribution in [3.63, 3.8) is 0 Å². The standard InChI is InChI=1S/C16H14O2/c17-15(11-13-7-3-1-4-8-13)16(18)12-14-9-5-2-6-10-14/h1-10H,11-12H2. The zero-order chi connectivity index (χ0) is 12.8. The Hall–Kier alpha value is -2.22. The SMILES string of the molecule is O=C(Cc1ccccc1)C(=O)Cc1ccccc1. The van der Waals surface area contributed by atoms with Gasteiger partial charge in [-0.05, 0) is 11.1 Å². The van der Waals surface area contributed by atoms with Gasteiger partial charge in [0.05, 0.1) is 0 Å². The number of ketones is 2. The summed E-state index contributed by atoms with van der Waals surface area (Å²) in [7, 11) is 0. The smallest absolute Gasteiger partial charge is 0.203 e. The van der Waals surface area contributed by atoms with E-state index in [2.05, 4.69) is 0 Å². The molecule has 0 saturated heterocycles. The predicted molar refractivity (Wildman–Crippen MR) is 70.3 cm³/mol. The molecule has 0 aliphatic heterocycles. The van der Waals surface area contributed by atoms with Crippen molar-refractivity contribution in [1.82, 2.24) is 0 Å². The molecule has 2 aromatic rings. The van der Waals surface area contributed by atoms with Crippen LogP contribution in [0.1, 0.15) is 11.1 Å². The fraction of sp³-hybridized carbons (Fsp3) is 0.125. The number of benzene rings is 2. The second-order valence-electron chi connectivity index (χ2n) is 4.17. The van der Waals surface area contributed by atoms with Gasteiger partial charge in [0.15, 0.2) is 0 Å². The van der Waals surface area contributed by atoms with Gasteiger partial charge in [0.25, 0.3) is 0 Å². The highest BCUT2D eigenvalue weighted by Gasteiger charge is 2.14. The van der Waals surface area contributed by atoms with Gasteiger partial charge in [0, 0.05) is 12.8 Å². The third kappa shape index (κ3) is 3.39. The first-order valence-corrected chi connectivity index (χ1v) is 5.89. The molecule has 90 valence electrons. The maximum atomic E-state index is 11.8. The molecule has 0 fully saturated rings. The summed E-state index contributed by atoms with van der Waals surface area (Å²) < 4.78 is 0. The maximum absolute atomic E-state index is 11.8. The first-order valence-electron chi connectivity index (χ1n) is 5.89. The van der Waals surface area contributed by atoms with Gasteiger partial charge in [0.2, 0.25) is 11.6 Å². The second-order valence-corrected chi connectivity index (χ2v) is 4.17. The van der Waals surface area contributed by atoms with Crippen LogP contribution in [0.3, 0.4) is 0 Å². The molecule has 0 aromatic heterocycles. The van der Waals surface area contributed by atoms with Crippen LogP contribution in [0, 0.1) is 0 Å². The zero-order valence-corrected chi connectivity index (χ0v) is 10.0. The third-order valence-corrected chi connectivity index (χ3v) is 2.73. The minimum absolute atomic E-state index is 0.187. The quantitative estimate of drug-likeness (QED) is 0.750. The normalized spacial score (nSPS) is 10.0. The molecule has 0 N–H and O–H groups in total. The summed E-state index contributed by atoms with van der Waals surface area (Å²) >= 11 is 0. The fourth-order valence-corrected chi connectivity index (χ4v) is 1.76. The van der Waals surface area contributed by atoms with E-state index < -0.39 is 0 Å². The number of carbonyl (C=O) groups is 2. The maximum Gasteiger partial charge on any atom is 0.203 e. The third-order valence-electron chi connectivity index (χ3n) is 2.73. The van der Waals surface area contributed by atoms with Crippen LogP contribution in [-0.2, 0) is 22.4 Å². The van der Waals surface area contributed by atoms with Crippen LogP contribution in [0.25, 0.3) is 0 Å². The van der Waals surface area contributed by atoms with Crippen LogP contribution in [0.4, 0.5) is 0 Å². The summed E-state index contributed by atoms with van der Waals surface area (Å²) in [6, 6.07) is 18.7. The number of hydrogen-bond acceptors (Lipinski definition) is 2. The molecule has 0 heterocycles. The molecule has 0 unspecified atom stereocenters. The van der Waals surface area contributed by atoms with Crippen LogP contribution in [0.5, 0.6) is 0 Å². The second kappa shape index (κ2) is 5.92. The molecule has 0 aliphatic carbocycles. The molecule has 0 atom stereocenters. The van der Waals surface area contributed by atoms with Crippen molar-refractivity contribution in [2.45, 2.75) is 12.8 Å². The van der Waals surface area contributed by atoms with E-state index in [0.29, 0.717) is 0 Å². The lowest BCUT2D eigenvalue weighted by Gasteiger charge is -2.01. The topological polar surface area (TPSA) is 34.1 Å². The van der Waals surface area contributed by atoms with Gasteiger partial charge < -0.3 is 0 Å². The molecule has 0 aliphatic rings. The van der Waals surface area contributed by atoms with Crippen molar-refractivity contribution >= 4 is 11.6 Å². The average molecular weight is 238 g/mol. The van der Waals surface area contributed by atoms with E-state index in [4.69, 9.17) is 0 Å². The minimum atomic E-state index is -0.329. The van der Waals surface area contributed by atoms with Crippen molar-refractivity contribution in [3.05, 3.63) is 71.8 Å². The lowest BCUT2D eigenvalue weighted by atomic mass is 10.0. The molecule has 0 spiro atoms. The van der Waals surface area contributed by atoms with Gasteiger partial charge >= 0.3 is 0 Å². The van der Waals surface area contributed by atoms with Crippen LogP contribution >= 0.6 is 0 Å². The fourth-order valence-electron chi connectivity index (χ4n) is 1.76. The number of carbonyl (C=O) groups excluding carboxylic acids is 2. The number of Topliss-reactive ketones (excluding diaryl/α,β-unsaturated/α-hetero) is 2. The van der Waals surface area contributed by atoms with Gasteiger partial charge in [-0.2, -0.15) is 0 Å². The van der Waals surface area contributed by atoms with Crippen LogP contribution in [0.2, 0.25) is 0 Å². The molecular weight excluding hydrogens is 224 g/mol. The van der Waals surface area contributed by atoms with E-state index in [0.717, 1.165) is 11.1 Å². The highest BCUT2D eigenvalue weighted by Crippen LogP contribution is 2.04. The molecule has 0 saturated carbocycles. The lowest BCUT2D eigenvalue weighted by Crippen LogP contribution is -2.18. The first-order chi connectivity index (χ1) is 8.75.